The van der Waals surface area contributed by atoms with Crippen molar-refractivity contribution in [2.45, 2.75) is 90.6 Å². The molecule has 4 aliphatic rings. The highest BCUT2D eigenvalue weighted by molar-refractivity contribution is 5.66. The van der Waals surface area contributed by atoms with Crippen LogP contribution in [0.25, 0.3) is 5.65 Å². The molecule has 0 aliphatic heterocycles. The van der Waals surface area contributed by atoms with Gasteiger partial charge in [-0.25, -0.2) is 4.98 Å². The first-order chi connectivity index (χ1) is 14.8. The number of ether oxygens (including phenoxy) is 1. The van der Waals surface area contributed by atoms with Crippen LogP contribution in [0.1, 0.15) is 82.7 Å². The molecule has 0 amide bonds. The quantitative estimate of drug-likeness (QED) is 0.562. The van der Waals surface area contributed by atoms with Gasteiger partial charge < -0.3 is 9.14 Å². The van der Waals surface area contributed by atoms with Gasteiger partial charge in [0.05, 0.1) is 5.69 Å². The van der Waals surface area contributed by atoms with Gasteiger partial charge >= 0.3 is 5.97 Å². The minimum absolute atomic E-state index is 0.112. The summed E-state index contributed by atoms with van der Waals surface area (Å²) in [5, 5.41) is 0. The zero-order chi connectivity index (χ0) is 21.5. The fourth-order valence-corrected chi connectivity index (χ4v) is 8.66. The third-order valence-electron chi connectivity index (χ3n) is 10.2. The second-order valence-electron chi connectivity index (χ2n) is 11.6. The molecule has 0 aromatic carbocycles. The van der Waals surface area contributed by atoms with Gasteiger partial charge in [-0.05, 0) is 99.0 Å². The van der Waals surface area contributed by atoms with E-state index in [0.29, 0.717) is 11.3 Å². The van der Waals surface area contributed by atoms with E-state index in [1.54, 1.807) is 6.92 Å². The van der Waals surface area contributed by atoms with Gasteiger partial charge in [0.15, 0.2) is 0 Å². The second kappa shape index (κ2) is 6.59. The van der Waals surface area contributed by atoms with E-state index in [2.05, 4.69) is 43.5 Å². The average molecular weight is 421 g/mol. The van der Waals surface area contributed by atoms with E-state index < -0.39 is 0 Å². The highest BCUT2D eigenvalue weighted by Gasteiger charge is 2.60. The molecule has 0 saturated heterocycles. The zero-order valence-electron chi connectivity index (χ0n) is 19.5. The molecule has 2 heterocycles. The van der Waals surface area contributed by atoms with Gasteiger partial charge in [-0.2, -0.15) is 0 Å². The summed E-state index contributed by atoms with van der Waals surface area (Å²) in [6.45, 7) is 8.84. The number of esters is 1. The number of aromatic nitrogens is 2. The maximum atomic E-state index is 11.5. The Balaban J connectivity index is 1.31. The van der Waals surface area contributed by atoms with E-state index in [4.69, 9.17) is 9.72 Å². The number of rotatable bonds is 1. The number of hydrogen-bond acceptors (Lipinski definition) is 3. The van der Waals surface area contributed by atoms with Crippen LogP contribution in [-0.2, 0) is 21.4 Å². The molecule has 7 atom stereocenters. The van der Waals surface area contributed by atoms with E-state index in [0.717, 1.165) is 36.2 Å². The molecule has 3 unspecified atom stereocenters. The molecule has 0 radical (unpaired) electrons. The van der Waals surface area contributed by atoms with Crippen molar-refractivity contribution in [1.82, 2.24) is 9.38 Å². The van der Waals surface area contributed by atoms with Crippen molar-refractivity contribution in [3.63, 3.8) is 0 Å². The molecule has 4 heteroatoms. The first-order valence-electron chi connectivity index (χ1n) is 12.5. The molecule has 2 aromatic rings. The summed E-state index contributed by atoms with van der Waals surface area (Å²) in [4.78, 5) is 16.7. The summed E-state index contributed by atoms with van der Waals surface area (Å²) in [6, 6.07) is 4.35. The van der Waals surface area contributed by atoms with E-state index in [1.165, 1.54) is 55.5 Å². The fourth-order valence-electron chi connectivity index (χ4n) is 8.66. The smallest absolute Gasteiger partial charge is 0.302 e. The monoisotopic (exact) mass is 420 g/mol. The van der Waals surface area contributed by atoms with Crippen LogP contribution < -0.4 is 0 Å². The number of nitrogens with zero attached hydrogens (tertiary/aromatic N) is 2. The number of hydrogen-bond donors (Lipinski definition) is 0. The lowest BCUT2D eigenvalue weighted by Crippen LogP contribution is -2.54. The van der Waals surface area contributed by atoms with Gasteiger partial charge in [0.1, 0.15) is 11.8 Å². The molecule has 0 bridgehead atoms. The molecule has 3 saturated carbocycles. The summed E-state index contributed by atoms with van der Waals surface area (Å²) in [6.07, 6.45) is 12.1. The van der Waals surface area contributed by atoms with E-state index >= 15 is 0 Å². The number of imidazole rings is 1. The Bertz CT molecular complexity index is 1060. The van der Waals surface area contributed by atoms with Crippen molar-refractivity contribution in [2.75, 3.05) is 0 Å². The lowest BCUT2D eigenvalue weighted by Gasteiger charge is -2.60. The summed E-state index contributed by atoms with van der Waals surface area (Å²) in [7, 11) is 0. The van der Waals surface area contributed by atoms with Gasteiger partial charge in [-0.1, -0.05) is 19.9 Å². The molecular formula is C27H36N2O2. The van der Waals surface area contributed by atoms with Crippen LogP contribution in [0.4, 0.5) is 0 Å². The number of aryl methyl sites for hydroxylation is 1. The van der Waals surface area contributed by atoms with Crippen LogP contribution in [0.3, 0.4) is 0 Å². The van der Waals surface area contributed by atoms with Crippen LogP contribution in [0.15, 0.2) is 18.3 Å². The van der Waals surface area contributed by atoms with Gasteiger partial charge in [-0.3, -0.25) is 4.79 Å². The molecule has 0 spiro atoms. The van der Waals surface area contributed by atoms with Crippen LogP contribution in [-0.4, -0.2) is 21.5 Å². The van der Waals surface area contributed by atoms with Gasteiger partial charge in [0.2, 0.25) is 0 Å². The van der Waals surface area contributed by atoms with Crippen LogP contribution in [0.5, 0.6) is 0 Å². The standard InChI is InChI=1S/C27H36N2O2/c1-16-6-5-13-29-23-15-22-20-8-7-18-14-19(31-17(2)30)9-11-26(18,3)21(20)10-12-27(22,4)24(23)28-25(16)29/h5-6,13,18-22H,7-12,14-15H2,1-4H3/t18-,19-,20?,21?,22?,26-,27-/m0/s1. The predicted octanol–water partition coefficient (Wildman–Crippen LogP) is 5.63. The summed E-state index contributed by atoms with van der Waals surface area (Å²) >= 11 is 0. The van der Waals surface area contributed by atoms with E-state index in [-0.39, 0.29) is 17.5 Å². The number of fused-ring (bicyclic) bond motifs is 9. The normalized spacial score (nSPS) is 41.2. The van der Waals surface area contributed by atoms with Crippen molar-refractivity contribution >= 4 is 11.6 Å². The van der Waals surface area contributed by atoms with Crippen molar-refractivity contribution < 1.29 is 9.53 Å². The minimum atomic E-state index is -0.112. The molecular weight excluding hydrogens is 384 g/mol. The molecule has 2 aromatic heterocycles. The SMILES string of the molecule is CC(=O)O[C@H]1CC[C@]2(C)C3CC[C@]4(C)c5nc6c(C)cccn6c5CC4C3CC[C@H]2C1. The second-order valence-corrected chi connectivity index (χ2v) is 11.6. The molecule has 4 aliphatic carbocycles. The van der Waals surface area contributed by atoms with Gasteiger partial charge in [0.25, 0.3) is 0 Å². The van der Waals surface area contributed by atoms with E-state index in [1.807, 2.05) is 0 Å². The molecule has 3 fully saturated rings. The summed E-state index contributed by atoms with van der Waals surface area (Å²) in [5.74, 6) is 2.94. The molecule has 0 N–H and O–H groups in total. The Morgan fingerprint density at radius 1 is 1.16 bits per heavy atom. The third-order valence-corrected chi connectivity index (χ3v) is 10.2. The first-order valence-corrected chi connectivity index (χ1v) is 12.5. The van der Waals surface area contributed by atoms with E-state index in [9.17, 15) is 4.79 Å². The molecule has 31 heavy (non-hydrogen) atoms. The van der Waals surface area contributed by atoms with Gasteiger partial charge in [-0.15, -0.1) is 0 Å². The highest BCUT2D eigenvalue weighted by Crippen LogP contribution is 2.65. The van der Waals surface area contributed by atoms with Crippen molar-refractivity contribution in [1.29, 1.82) is 0 Å². The van der Waals surface area contributed by atoms with Crippen LogP contribution in [0, 0.1) is 36.0 Å². The predicted molar refractivity (Wildman–Crippen MR) is 121 cm³/mol. The van der Waals surface area contributed by atoms with Gasteiger partial charge in [0, 0.05) is 24.2 Å². The Morgan fingerprint density at radius 2 is 2.00 bits per heavy atom. The number of carbonyl (C=O) groups excluding carboxylic acids is 1. The lowest BCUT2D eigenvalue weighted by atomic mass is 9.45. The first kappa shape index (κ1) is 19.8. The summed E-state index contributed by atoms with van der Waals surface area (Å²) < 4.78 is 8.03. The topological polar surface area (TPSA) is 43.6 Å². The average Bonchev–Trinajstić information content (AvgIpc) is 3.24. The fraction of sp³-hybridized carbons (Fsp3) is 0.704. The van der Waals surface area contributed by atoms with Crippen molar-refractivity contribution in [2.24, 2.45) is 29.1 Å². The zero-order valence-corrected chi connectivity index (χ0v) is 19.5. The van der Waals surface area contributed by atoms with Crippen LogP contribution in [0.2, 0.25) is 0 Å². The lowest BCUT2D eigenvalue weighted by molar-refractivity contribution is -0.157. The van der Waals surface area contributed by atoms with Crippen molar-refractivity contribution in [3.8, 4) is 0 Å². The largest absolute Gasteiger partial charge is 0.463 e. The highest BCUT2D eigenvalue weighted by atomic mass is 16.5. The minimum Gasteiger partial charge on any atom is -0.463 e. The number of pyridine rings is 1. The van der Waals surface area contributed by atoms with Crippen LogP contribution >= 0.6 is 0 Å². The Hall–Kier alpha value is -1.84. The summed E-state index contributed by atoms with van der Waals surface area (Å²) in [5.41, 5.74) is 5.96. The maximum absolute atomic E-state index is 11.5. The third kappa shape index (κ3) is 2.66. The van der Waals surface area contributed by atoms with Crippen molar-refractivity contribution in [3.05, 3.63) is 35.3 Å². The Labute approximate surface area is 185 Å². The Kier molecular flexibility index (Phi) is 4.21. The molecule has 6 rings (SSSR count). The number of carbonyl (C=O) groups is 1. The molecule has 166 valence electrons. The Morgan fingerprint density at radius 3 is 2.81 bits per heavy atom. The molecule has 4 nitrogen and oxygen atoms in total. The maximum Gasteiger partial charge on any atom is 0.302 e.